The number of ether oxygens (including phenoxy) is 1. The number of nitrogens with zero attached hydrogens (tertiary/aromatic N) is 1. The molecule has 5 rings (SSSR count). The molecule has 1 saturated carbocycles. The number of furan rings is 1. The van der Waals surface area contributed by atoms with Gasteiger partial charge >= 0.3 is 11.9 Å². The van der Waals surface area contributed by atoms with Crippen molar-refractivity contribution in [2.24, 2.45) is 0 Å². The fourth-order valence-corrected chi connectivity index (χ4v) is 4.55. The molecule has 192 valence electrons. The Bertz CT molecular complexity index is 1570. The molecule has 1 aliphatic carbocycles. The van der Waals surface area contributed by atoms with E-state index in [4.69, 9.17) is 9.15 Å². The molecule has 0 radical (unpaired) electrons. The summed E-state index contributed by atoms with van der Waals surface area (Å²) in [5.74, 6) is -1.91. The molecular weight excluding hydrogens is 490 g/mol. The number of carbonyl (C=O) groups is 3. The van der Waals surface area contributed by atoms with Crippen LogP contribution in [-0.2, 0) is 10.3 Å². The van der Waals surface area contributed by atoms with Crippen molar-refractivity contribution in [3.05, 3.63) is 105 Å². The Kier molecular flexibility index (Phi) is 6.38. The Morgan fingerprint density at radius 2 is 1.55 bits per heavy atom. The first-order valence-electron chi connectivity index (χ1n) is 11.9. The van der Waals surface area contributed by atoms with Gasteiger partial charge in [-0.2, -0.15) is 0 Å². The highest BCUT2D eigenvalue weighted by molar-refractivity contribution is 6.03. The van der Waals surface area contributed by atoms with Gasteiger partial charge in [0.15, 0.2) is 5.76 Å². The molecule has 38 heavy (non-hydrogen) atoms. The zero-order valence-electron chi connectivity index (χ0n) is 20.4. The van der Waals surface area contributed by atoms with Crippen LogP contribution in [0.2, 0.25) is 0 Å². The predicted molar refractivity (Wildman–Crippen MR) is 138 cm³/mol. The van der Waals surface area contributed by atoms with Crippen molar-refractivity contribution in [3.63, 3.8) is 0 Å². The Balaban J connectivity index is 1.29. The molecule has 0 aliphatic heterocycles. The van der Waals surface area contributed by atoms with Gasteiger partial charge in [0.05, 0.1) is 24.3 Å². The first-order valence-corrected chi connectivity index (χ1v) is 11.9. The molecule has 0 unspecified atom stereocenters. The topological polar surface area (TPSA) is 141 Å². The molecule has 4 aromatic rings. The molecule has 0 saturated heterocycles. The van der Waals surface area contributed by atoms with E-state index in [0.29, 0.717) is 16.8 Å². The van der Waals surface area contributed by atoms with Crippen LogP contribution in [0.5, 0.6) is 0 Å². The van der Waals surface area contributed by atoms with Crippen LogP contribution >= 0.6 is 0 Å². The van der Waals surface area contributed by atoms with Crippen LogP contribution in [0, 0.1) is 10.1 Å². The standard InChI is InChI=1S/C28H23N3O7/c1-37-27(34)20-6-4-17-15-19(5-3-18(17)16-20)25(32)30-28(13-2-14-28)21-7-9-22(10-8-21)29-26(33)23-11-12-24(38-23)31(35)36/h3-12,15-16H,2,13-14H2,1H3,(H,29,33)(H,30,32). The maximum absolute atomic E-state index is 13.2. The highest BCUT2D eigenvalue weighted by Crippen LogP contribution is 2.42. The molecule has 0 spiro atoms. The summed E-state index contributed by atoms with van der Waals surface area (Å²) in [6, 6.07) is 20.0. The minimum atomic E-state index is -0.712. The number of fused-ring (bicyclic) bond motifs is 1. The van der Waals surface area contributed by atoms with E-state index in [1.54, 1.807) is 48.5 Å². The van der Waals surface area contributed by atoms with Gasteiger partial charge in [0.2, 0.25) is 0 Å². The number of nitro groups is 1. The van der Waals surface area contributed by atoms with Gasteiger partial charge < -0.3 is 19.8 Å². The van der Waals surface area contributed by atoms with Gasteiger partial charge in [0.1, 0.15) is 4.92 Å². The van der Waals surface area contributed by atoms with Crippen LogP contribution in [0.25, 0.3) is 10.8 Å². The Morgan fingerprint density at radius 3 is 2.13 bits per heavy atom. The van der Waals surface area contributed by atoms with Crippen molar-refractivity contribution in [3.8, 4) is 0 Å². The van der Waals surface area contributed by atoms with Gasteiger partial charge in [-0.3, -0.25) is 19.7 Å². The largest absolute Gasteiger partial charge is 0.465 e. The molecule has 0 bridgehead atoms. The fraction of sp³-hybridized carbons (Fsp3) is 0.179. The Labute approximate surface area is 216 Å². The first-order chi connectivity index (χ1) is 18.3. The average molecular weight is 514 g/mol. The predicted octanol–water partition coefficient (Wildman–Crippen LogP) is 5.19. The normalized spacial score (nSPS) is 13.8. The number of hydrogen-bond acceptors (Lipinski definition) is 7. The summed E-state index contributed by atoms with van der Waals surface area (Å²) in [5.41, 5.74) is 1.82. The van der Waals surface area contributed by atoms with E-state index in [-0.39, 0.29) is 11.7 Å². The number of amides is 2. The van der Waals surface area contributed by atoms with Crippen LogP contribution < -0.4 is 10.6 Å². The monoisotopic (exact) mass is 513 g/mol. The summed E-state index contributed by atoms with van der Waals surface area (Å²) >= 11 is 0. The average Bonchev–Trinajstić information content (AvgIpc) is 3.41. The number of anilines is 1. The van der Waals surface area contributed by atoms with E-state index in [2.05, 4.69) is 10.6 Å². The zero-order valence-corrected chi connectivity index (χ0v) is 20.4. The van der Waals surface area contributed by atoms with Crippen LogP contribution in [0.4, 0.5) is 11.6 Å². The molecule has 0 atom stereocenters. The van der Waals surface area contributed by atoms with Crippen molar-refractivity contribution in [2.75, 3.05) is 12.4 Å². The van der Waals surface area contributed by atoms with Crippen LogP contribution in [0.15, 0.2) is 77.2 Å². The smallest absolute Gasteiger partial charge is 0.433 e. The highest BCUT2D eigenvalue weighted by atomic mass is 16.6. The summed E-state index contributed by atoms with van der Waals surface area (Å²) in [6.45, 7) is 0. The maximum Gasteiger partial charge on any atom is 0.433 e. The second-order valence-corrected chi connectivity index (χ2v) is 9.08. The molecule has 3 aromatic carbocycles. The van der Waals surface area contributed by atoms with E-state index in [1.807, 2.05) is 12.1 Å². The lowest BCUT2D eigenvalue weighted by molar-refractivity contribution is -0.402. The number of esters is 1. The second kappa shape index (κ2) is 9.81. The van der Waals surface area contributed by atoms with Crippen molar-refractivity contribution in [1.82, 2.24) is 5.32 Å². The van der Waals surface area contributed by atoms with Gasteiger partial charge in [-0.25, -0.2) is 4.79 Å². The van der Waals surface area contributed by atoms with Gasteiger partial charge in [-0.1, -0.05) is 24.3 Å². The summed E-state index contributed by atoms with van der Waals surface area (Å²) in [4.78, 5) is 47.4. The summed E-state index contributed by atoms with van der Waals surface area (Å²) in [7, 11) is 1.33. The van der Waals surface area contributed by atoms with Gasteiger partial charge in [0, 0.05) is 11.3 Å². The fourth-order valence-electron chi connectivity index (χ4n) is 4.55. The van der Waals surface area contributed by atoms with Crippen LogP contribution in [0.1, 0.15) is 56.1 Å². The van der Waals surface area contributed by atoms with Gasteiger partial charge in [-0.15, -0.1) is 0 Å². The third kappa shape index (κ3) is 4.71. The molecule has 10 nitrogen and oxygen atoms in total. The number of benzene rings is 3. The van der Waals surface area contributed by atoms with Crippen molar-refractivity contribution >= 4 is 40.1 Å². The second-order valence-electron chi connectivity index (χ2n) is 9.08. The number of methoxy groups -OCH3 is 1. The van der Waals surface area contributed by atoms with E-state index in [9.17, 15) is 24.5 Å². The van der Waals surface area contributed by atoms with Crippen molar-refractivity contribution < 1.29 is 28.5 Å². The number of carbonyl (C=O) groups excluding carboxylic acids is 3. The Hall–Kier alpha value is -4.99. The van der Waals surface area contributed by atoms with E-state index < -0.39 is 28.2 Å². The van der Waals surface area contributed by atoms with Crippen LogP contribution in [-0.4, -0.2) is 29.8 Å². The van der Waals surface area contributed by atoms with E-state index in [0.717, 1.165) is 41.7 Å². The first kappa shape index (κ1) is 24.7. The molecule has 1 aromatic heterocycles. The maximum atomic E-state index is 13.2. The highest BCUT2D eigenvalue weighted by Gasteiger charge is 2.40. The molecule has 1 heterocycles. The molecule has 1 fully saturated rings. The van der Waals surface area contributed by atoms with E-state index >= 15 is 0 Å². The summed E-state index contributed by atoms with van der Waals surface area (Å²) < 4.78 is 9.71. The summed E-state index contributed by atoms with van der Waals surface area (Å²) in [5, 5.41) is 18.3. The van der Waals surface area contributed by atoms with Crippen molar-refractivity contribution in [2.45, 2.75) is 24.8 Å². The quantitative estimate of drug-likeness (QED) is 0.197. The number of nitrogens with one attached hydrogen (secondary N) is 2. The summed E-state index contributed by atoms with van der Waals surface area (Å²) in [6.07, 6.45) is 2.51. The lowest BCUT2D eigenvalue weighted by Gasteiger charge is -2.43. The van der Waals surface area contributed by atoms with Gasteiger partial charge in [0.25, 0.3) is 11.8 Å². The minimum Gasteiger partial charge on any atom is -0.465 e. The molecule has 2 amide bonds. The van der Waals surface area contributed by atoms with Gasteiger partial charge in [-0.05, 0) is 78.1 Å². The number of rotatable bonds is 7. The third-order valence-corrected chi connectivity index (χ3v) is 6.77. The lowest BCUT2D eigenvalue weighted by Crippen LogP contribution is -2.50. The number of hydrogen-bond donors (Lipinski definition) is 2. The Morgan fingerprint density at radius 1 is 0.895 bits per heavy atom. The molecule has 2 N–H and O–H groups in total. The third-order valence-electron chi connectivity index (χ3n) is 6.77. The minimum absolute atomic E-state index is 0.166. The lowest BCUT2D eigenvalue weighted by atomic mass is 9.71. The van der Waals surface area contributed by atoms with Crippen LogP contribution in [0.3, 0.4) is 0 Å². The molecule has 10 heteroatoms. The van der Waals surface area contributed by atoms with E-state index in [1.165, 1.54) is 13.2 Å². The molecular formula is C28H23N3O7. The zero-order chi connectivity index (χ0) is 26.9. The van der Waals surface area contributed by atoms with Crippen molar-refractivity contribution in [1.29, 1.82) is 0 Å². The molecule has 1 aliphatic rings. The SMILES string of the molecule is COC(=O)c1ccc2cc(C(=O)NC3(c4ccc(NC(=O)c5ccc([N+](=O)[O-])o5)cc4)CCC3)ccc2c1.